The van der Waals surface area contributed by atoms with Gasteiger partial charge in [0, 0.05) is 13.0 Å². The zero-order chi connectivity index (χ0) is 11.4. The van der Waals surface area contributed by atoms with Gasteiger partial charge in [0.2, 0.25) is 5.91 Å². The molecule has 0 aromatic rings. The highest BCUT2D eigenvalue weighted by Crippen LogP contribution is 2.24. The molecule has 0 aliphatic carbocycles. The standard InChI is InChI=1S/C11H17NO3/c1-3-4-5-9(13)12-7-6-8(2)10(12)11(14)15/h3,8,10H,1,4-7H2,2H3,(H,14,15). The fraction of sp³-hybridized carbons (Fsp3) is 0.636. The molecule has 2 unspecified atom stereocenters. The van der Waals surface area contributed by atoms with E-state index < -0.39 is 12.0 Å². The van der Waals surface area contributed by atoms with E-state index in [0.29, 0.717) is 19.4 Å². The molecule has 0 bridgehead atoms. The number of hydrogen-bond donors (Lipinski definition) is 1. The smallest absolute Gasteiger partial charge is 0.326 e. The lowest BCUT2D eigenvalue weighted by Crippen LogP contribution is -2.42. The number of carbonyl (C=O) groups is 2. The first-order chi connectivity index (χ1) is 7.07. The van der Waals surface area contributed by atoms with Gasteiger partial charge in [-0.05, 0) is 18.8 Å². The Hall–Kier alpha value is -1.32. The van der Waals surface area contributed by atoms with E-state index in [1.165, 1.54) is 4.90 Å². The predicted octanol–water partition coefficient (Wildman–Crippen LogP) is 1.27. The molecule has 1 amide bonds. The molecule has 0 aromatic heterocycles. The van der Waals surface area contributed by atoms with Gasteiger partial charge in [-0.2, -0.15) is 0 Å². The Bertz CT molecular complexity index is 275. The van der Waals surface area contributed by atoms with E-state index >= 15 is 0 Å². The SMILES string of the molecule is C=CCCC(=O)N1CCC(C)C1C(=O)O. The van der Waals surface area contributed by atoms with Crippen molar-refractivity contribution in [2.45, 2.75) is 32.2 Å². The molecule has 1 heterocycles. The highest BCUT2D eigenvalue weighted by Gasteiger charge is 2.38. The van der Waals surface area contributed by atoms with Crippen LogP contribution in [-0.4, -0.2) is 34.5 Å². The number of aliphatic carboxylic acids is 1. The number of rotatable bonds is 4. The predicted molar refractivity (Wildman–Crippen MR) is 56.3 cm³/mol. The van der Waals surface area contributed by atoms with Gasteiger partial charge in [-0.1, -0.05) is 13.0 Å². The van der Waals surface area contributed by atoms with Crippen molar-refractivity contribution in [2.24, 2.45) is 5.92 Å². The van der Waals surface area contributed by atoms with Crippen LogP contribution in [0.2, 0.25) is 0 Å². The maximum Gasteiger partial charge on any atom is 0.326 e. The number of carboxylic acids is 1. The highest BCUT2D eigenvalue weighted by molar-refractivity contribution is 5.84. The topological polar surface area (TPSA) is 57.6 Å². The molecule has 1 rings (SSSR count). The summed E-state index contributed by atoms with van der Waals surface area (Å²) >= 11 is 0. The number of allylic oxidation sites excluding steroid dienone is 1. The van der Waals surface area contributed by atoms with Crippen LogP contribution in [0, 0.1) is 5.92 Å². The third-order valence-corrected chi connectivity index (χ3v) is 2.84. The minimum atomic E-state index is -0.896. The normalized spacial score (nSPS) is 25.3. The van der Waals surface area contributed by atoms with Gasteiger partial charge in [-0.15, -0.1) is 6.58 Å². The monoisotopic (exact) mass is 211 g/mol. The molecular formula is C11H17NO3. The van der Waals surface area contributed by atoms with Gasteiger partial charge in [-0.3, -0.25) is 4.79 Å². The average Bonchev–Trinajstić information content (AvgIpc) is 2.56. The minimum Gasteiger partial charge on any atom is -0.480 e. The van der Waals surface area contributed by atoms with Crippen molar-refractivity contribution in [3.63, 3.8) is 0 Å². The van der Waals surface area contributed by atoms with E-state index in [2.05, 4.69) is 6.58 Å². The Morgan fingerprint density at radius 3 is 2.80 bits per heavy atom. The van der Waals surface area contributed by atoms with Crippen molar-refractivity contribution in [1.82, 2.24) is 4.90 Å². The number of amides is 1. The van der Waals surface area contributed by atoms with Crippen LogP contribution >= 0.6 is 0 Å². The minimum absolute atomic E-state index is 0.0511. The number of carboxylic acid groups (broad SMARTS) is 1. The van der Waals surface area contributed by atoms with Gasteiger partial charge < -0.3 is 10.0 Å². The van der Waals surface area contributed by atoms with Crippen molar-refractivity contribution in [3.05, 3.63) is 12.7 Å². The third kappa shape index (κ3) is 2.58. The Labute approximate surface area is 89.6 Å². The van der Waals surface area contributed by atoms with Crippen LogP contribution in [0.4, 0.5) is 0 Å². The van der Waals surface area contributed by atoms with E-state index in [-0.39, 0.29) is 11.8 Å². The van der Waals surface area contributed by atoms with Crippen LogP contribution in [0.25, 0.3) is 0 Å². The fourth-order valence-corrected chi connectivity index (χ4v) is 1.97. The first kappa shape index (κ1) is 11.8. The van der Waals surface area contributed by atoms with Gasteiger partial charge in [0.15, 0.2) is 0 Å². The molecule has 1 aliphatic heterocycles. The molecule has 0 saturated carbocycles. The summed E-state index contributed by atoms with van der Waals surface area (Å²) in [6, 6.07) is -0.637. The molecule has 0 aromatic carbocycles. The summed E-state index contributed by atoms with van der Waals surface area (Å²) in [7, 11) is 0. The van der Waals surface area contributed by atoms with Crippen molar-refractivity contribution >= 4 is 11.9 Å². The summed E-state index contributed by atoms with van der Waals surface area (Å²) in [6.07, 6.45) is 3.42. The Morgan fingerprint density at radius 2 is 2.27 bits per heavy atom. The van der Waals surface area contributed by atoms with Crippen molar-refractivity contribution in [3.8, 4) is 0 Å². The third-order valence-electron chi connectivity index (χ3n) is 2.84. The Morgan fingerprint density at radius 1 is 1.60 bits per heavy atom. The van der Waals surface area contributed by atoms with Crippen LogP contribution < -0.4 is 0 Å². The number of likely N-dealkylation sites (tertiary alicyclic amines) is 1. The average molecular weight is 211 g/mol. The molecular weight excluding hydrogens is 194 g/mol. The van der Waals surface area contributed by atoms with Gasteiger partial charge in [0.1, 0.15) is 6.04 Å². The second kappa shape index (κ2) is 4.96. The second-order valence-corrected chi connectivity index (χ2v) is 3.96. The Balaban J connectivity index is 2.64. The summed E-state index contributed by atoms with van der Waals surface area (Å²) in [5.74, 6) is -0.922. The maximum absolute atomic E-state index is 11.7. The summed E-state index contributed by atoms with van der Waals surface area (Å²) < 4.78 is 0. The van der Waals surface area contributed by atoms with Crippen molar-refractivity contribution in [1.29, 1.82) is 0 Å². The summed E-state index contributed by atoms with van der Waals surface area (Å²) in [5.41, 5.74) is 0. The molecule has 84 valence electrons. The molecule has 1 fully saturated rings. The lowest BCUT2D eigenvalue weighted by molar-refractivity contribution is -0.149. The molecule has 4 heteroatoms. The summed E-state index contributed by atoms with van der Waals surface area (Å²) in [5, 5.41) is 9.01. The quantitative estimate of drug-likeness (QED) is 0.712. The van der Waals surface area contributed by atoms with Crippen molar-refractivity contribution < 1.29 is 14.7 Å². The first-order valence-electron chi connectivity index (χ1n) is 5.21. The molecule has 2 atom stereocenters. The van der Waals surface area contributed by atoms with Crippen molar-refractivity contribution in [2.75, 3.05) is 6.54 Å². The number of nitrogens with zero attached hydrogens (tertiary/aromatic N) is 1. The molecule has 0 spiro atoms. The fourth-order valence-electron chi connectivity index (χ4n) is 1.97. The zero-order valence-corrected chi connectivity index (χ0v) is 8.98. The largest absolute Gasteiger partial charge is 0.480 e. The van der Waals surface area contributed by atoms with Gasteiger partial charge >= 0.3 is 5.97 Å². The van der Waals surface area contributed by atoms with Crippen LogP contribution in [0.15, 0.2) is 12.7 Å². The van der Waals surface area contributed by atoms with E-state index in [1.807, 2.05) is 6.92 Å². The molecule has 1 saturated heterocycles. The molecule has 1 N–H and O–H groups in total. The number of carbonyl (C=O) groups excluding carboxylic acids is 1. The van der Waals surface area contributed by atoms with E-state index in [0.717, 1.165) is 6.42 Å². The first-order valence-corrected chi connectivity index (χ1v) is 5.21. The summed E-state index contributed by atoms with van der Waals surface area (Å²) in [4.78, 5) is 24.1. The van der Waals surface area contributed by atoms with Gasteiger partial charge in [-0.25, -0.2) is 4.79 Å². The van der Waals surface area contributed by atoms with E-state index in [1.54, 1.807) is 6.08 Å². The molecule has 4 nitrogen and oxygen atoms in total. The van der Waals surface area contributed by atoms with Crippen LogP contribution in [0.1, 0.15) is 26.2 Å². The van der Waals surface area contributed by atoms with Gasteiger partial charge in [0.25, 0.3) is 0 Å². The van der Waals surface area contributed by atoms with Crippen LogP contribution in [0.3, 0.4) is 0 Å². The molecule has 15 heavy (non-hydrogen) atoms. The second-order valence-electron chi connectivity index (χ2n) is 3.96. The van der Waals surface area contributed by atoms with Crippen LogP contribution in [-0.2, 0) is 9.59 Å². The van der Waals surface area contributed by atoms with E-state index in [9.17, 15) is 9.59 Å². The number of hydrogen-bond acceptors (Lipinski definition) is 2. The summed E-state index contributed by atoms with van der Waals surface area (Å²) in [6.45, 7) is 5.98. The van der Waals surface area contributed by atoms with Crippen LogP contribution in [0.5, 0.6) is 0 Å². The maximum atomic E-state index is 11.7. The molecule has 1 aliphatic rings. The lowest BCUT2D eigenvalue weighted by atomic mass is 10.0. The highest BCUT2D eigenvalue weighted by atomic mass is 16.4. The zero-order valence-electron chi connectivity index (χ0n) is 8.98. The van der Waals surface area contributed by atoms with E-state index in [4.69, 9.17) is 5.11 Å². The van der Waals surface area contributed by atoms with Gasteiger partial charge in [0.05, 0.1) is 0 Å². The lowest BCUT2D eigenvalue weighted by Gasteiger charge is -2.23. The Kier molecular flexibility index (Phi) is 3.88. The molecule has 0 radical (unpaired) electrons.